The van der Waals surface area contributed by atoms with Crippen LogP contribution >= 0.6 is 0 Å². The molecule has 0 bridgehead atoms. The van der Waals surface area contributed by atoms with Gasteiger partial charge in [-0.2, -0.15) is 0 Å². The summed E-state index contributed by atoms with van der Waals surface area (Å²) < 4.78 is 28.4. The second-order valence-electron chi connectivity index (χ2n) is 6.55. The second-order valence-corrected chi connectivity index (χ2v) is 8.20. The first kappa shape index (κ1) is 19.4. The maximum Gasteiger partial charge on any atom is 0.322 e. The van der Waals surface area contributed by atoms with Gasteiger partial charge in [0.15, 0.2) is 0 Å². The summed E-state index contributed by atoms with van der Waals surface area (Å²) in [6, 6.07) is 13.4. The van der Waals surface area contributed by atoms with Gasteiger partial charge in [-0.1, -0.05) is 12.1 Å². The zero-order valence-electron chi connectivity index (χ0n) is 15.3. The molecule has 0 unspecified atom stereocenters. The van der Waals surface area contributed by atoms with Crippen molar-refractivity contribution in [1.29, 1.82) is 0 Å². The van der Waals surface area contributed by atoms with E-state index in [2.05, 4.69) is 15.4 Å². The maximum absolute atomic E-state index is 13.0. The first-order chi connectivity index (χ1) is 14.3. The number of sulfonamides is 1. The average molecular weight is 425 g/mol. The summed E-state index contributed by atoms with van der Waals surface area (Å²) in [6.07, 6.45) is 0. The molecular weight excluding hydrogens is 410 g/mol. The smallest absolute Gasteiger partial charge is 0.322 e. The number of carbonyl (C=O) groups excluding carboxylic acids is 2. The SMILES string of the molecule is O=C(O)CNC(=O)c1ccc(NS(=O)(=O)c2ccc3c4c(cccc24)C(=O)N3)cc1. The number of carboxylic acids is 1. The van der Waals surface area contributed by atoms with Gasteiger partial charge in [0.25, 0.3) is 21.8 Å². The minimum Gasteiger partial charge on any atom is -0.480 e. The van der Waals surface area contributed by atoms with Crippen molar-refractivity contribution in [2.75, 3.05) is 16.6 Å². The lowest BCUT2D eigenvalue weighted by Crippen LogP contribution is -2.29. The fourth-order valence-electron chi connectivity index (χ4n) is 3.26. The highest BCUT2D eigenvalue weighted by molar-refractivity contribution is 7.93. The van der Waals surface area contributed by atoms with E-state index in [1.54, 1.807) is 24.3 Å². The van der Waals surface area contributed by atoms with Gasteiger partial charge in [0, 0.05) is 33.3 Å². The predicted octanol–water partition coefficient (Wildman–Crippen LogP) is 2.02. The Morgan fingerprint density at radius 3 is 2.43 bits per heavy atom. The zero-order chi connectivity index (χ0) is 21.5. The topological polar surface area (TPSA) is 142 Å². The van der Waals surface area contributed by atoms with Crippen LogP contribution in [-0.2, 0) is 14.8 Å². The Balaban J connectivity index is 1.62. The van der Waals surface area contributed by atoms with Crippen LogP contribution in [0.15, 0.2) is 59.5 Å². The third-order valence-electron chi connectivity index (χ3n) is 4.58. The minimum absolute atomic E-state index is 0.0166. The molecule has 3 aromatic rings. The second kappa shape index (κ2) is 7.16. The third kappa shape index (κ3) is 3.44. The molecule has 4 rings (SSSR count). The number of hydrogen-bond donors (Lipinski definition) is 4. The number of benzene rings is 3. The molecule has 9 nitrogen and oxygen atoms in total. The molecule has 1 heterocycles. The molecule has 0 saturated carbocycles. The van der Waals surface area contributed by atoms with E-state index in [9.17, 15) is 22.8 Å². The van der Waals surface area contributed by atoms with Gasteiger partial charge in [-0.05, 0) is 42.5 Å². The molecule has 30 heavy (non-hydrogen) atoms. The lowest BCUT2D eigenvalue weighted by atomic mass is 10.1. The van der Waals surface area contributed by atoms with E-state index in [-0.39, 0.29) is 22.1 Å². The van der Waals surface area contributed by atoms with Crippen LogP contribution in [0.25, 0.3) is 10.8 Å². The number of carboxylic acid groups (broad SMARTS) is 1. The van der Waals surface area contributed by atoms with Crippen LogP contribution in [0.2, 0.25) is 0 Å². The van der Waals surface area contributed by atoms with E-state index in [0.717, 1.165) is 0 Å². The van der Waals surface area contributed by atoms with Crippen molar-refractivity contribution in [2.45, 2.75) is 4.90 Å². The summed E-state index contributed by atoms with van der Waals surface area (Å²) in [5, 5.41) is 14.5. The van der Waals surface area contributed by atoms with Crippen LogP contribution in [0.4, 0.5) is 11.4 Å². The summed E-state index contributed by atoms with van der Waals surface area (Å²) in [5.41, 5.74) is 1.38. The molecule has 0 radical (unpaired) electrons. The highest BCUT2D eigenvalue weighted by Gasteiger charge is 2.26. The fourth-order valence-corrected chi connectivity index (χ4v) is 4.52. The van der Waals surface area contributed by atoms with E-state index < -0.39 is 28.4 Å². The lowest BCUT2D eigenvalue weighted by molar-refractivity contribution is -0.135. The summed E-state index contributed by atoms with van der Waals surface area (Å²) in [6.45, 7) is -0.518. The first-order valence-electron chi connectivity index (χ1n) is 8.76. The number of rotatable bonds is 6. The average Bonchev–Trinajstić information content (AvgIpc) is 3.04. The number of nitrogens with one attached hydrogen (secondary N) is 3. The van der Waals surface area contributed by atoms with Crippen molar-refractivity contribution in [2.24, 2.45) is 0 Å². The number of amides is 2. The van der Waals surface area contributed by atoms with Gasteiger partial charge in [-0.25, -0.2) is 8.42 Å². The largest absolute Gasteiger partial charge is 0.480 e. The molecule has 4 N–H and O–H groups in total. The van der Waals surface area contributed by atoms with E-state index in [4.69, 9.17) is 5.11 Å². The molecule has 3 aromatic carbocycles. The highest BCUT2D eigenvalue weighted by atomic mass is 32.2. The van der Waals surface area contributed by atoms with E-state index in [0.29, 0.717) is 22.0 Å². The molecule has 0 aliphatic carbocycles. The fraction of sp³-hybridized carbons (Fsp3) is 0.0500. The molecule has 0 spiro atoms. The zero-order valence-corrected chi connectivity index (χ0v) is 16.1. The molecule has 10 heteroatoms. The molecule has 152 valence electrons. The molecule has 2 amide bonds. The summed E-state index contributed by atoms with van der Waals surface area (Å²) in [5.74, 6) is -2.04. The third-order valence-corrected chi connectivity index (χ3v) is 6.02. The summed E-state index contributed by atoms with van der Waals surface area (Å²) in [7, 11) is -3.99. The van der Waals surface area contributed by atoms with Gasteiger partial charge in [0.05, 0.1) is 4.90 Å². The Labute approximate surface area is 170 Å². The van der Waals surface area contributed by atoms with Crippen molar-refractivity contribution >= 4 is 50.0 Å². The highest BCUT2D eigenvalue weighted by Crippen LogP contribution is 2.36. The van der Waals surface area contributed by atoms with Gasteiger partial charge in [-0.15, -0.1) is 0 Å². The van der Waals surface area contributed by atoms with E-state index >= 15 is 0 Å². The van der Waals surface area contributed by atoms with Crippen LogP contribution < -0.4 is 15.4 Å². The van der Waals surface area contributed by atoms with Crippen LogP contribution in [0, 0.1) is 0 Å². The van der Waals surface area contributed by atoms with E-state index in [1.807, 2.05) is 0 Å². The minimum atomic E-state index is -3.99. The van der Waals surface area contributed by atoms with Gasteiger partial charge < -0.3 is 15.7 Å². The Morgan fingerprint density at radius 1 is 1.00 bits per heavy atom. The van der Waals surface area contributed by atoms with Crippen LogP contribution in [0.3, 0.4) is 0 Å². The van der Waals surface area contributed by atoms with Gasteiger partial charge in [0.1, 0.15) is 6.54 Å². The summed E-state index contributed by atoms with van der Waals surface area (Å²) >= 11 is 0. The Kier molecular flexibility index (Phi) is 4.63. The van der Waals surface area contributed by atoms with Crippen molar-refractivity contribution in [3.05, 3.63) is 65.7 Å². The summed E-state index contributed by atoms with van der Waals surface area (Å²) in [4.78, 5) is 34.4. The van der Waals surface area contributed by atoms with Crippen molar-refractivity contribution in [1.82, 2.24) is 5.32 Å². The monoisotopic (exact) mass is 425 g/mol. The number of hydrogen-bond acceptors (Lipinski definition) is 5. The standard InChI is InChI=1S/C20H15N3O6S/c24-17(25)10-21-19(26)11-4-6-12(7-5-11)23-30(28,29)16-9-8-15-18-13(16)2-1-3-14(18)20(27)22-15/h1-9,23H,10H2,(H,21,26)(H,22,27)(H,24,25). The maximum atomic E-state index is 13.0. The van der Waals surface area contributed by atoms with Crippen LogP contribution in [0.1, 0.15) is 20.7 Å². The predicted molar refractivity (Wildman–Crippen MR) is 109 cm³/mol. The quantitative estimate of drug-likeness (QED) is 0.476. The lowest BCUT2D eigenvalue weighted by Gasteiger charge is -2.12. The molecule has 0 aromatic heterocycles. The van der Waals surface area contributed by atoms with Crippen molar-refractivity contribution in [3.8, 4) is 0 Å². The van der Waals surface area contributed by atoms with Crippen molar-refractivity contribution < 1.29 is 27.9 Å². The number of aliphatic carboxylic acids is 1. The molecule has 0 saturated heterocycles. The molecule has 0 atom stereocenters. The van der Waals surface area contributed by atoms with Crippen LogP contribution in [0.5, 0.6) is 0 Å². The number of carbonyl (C=O) groups is 3. The number of anilines is 2. The van der Waals surface area contributed by atoms with Gasteiger partial charge >= 0.3 is 5.97 Å². The Bertz CT molecular complexity index is 1320. The molecule has 1 aliphatic heterocycles. The van der Waals surface area contributed by atoms with Gasteiger partial charge in [0.2, 0.25) is 0 Å². The normalized spacial score (nSPS) is 12.5. The molecule has 0 fully saturated rings. The van der Waals surface area contributed by atoms with Crippen LogP contribution in [-0.4, -0.2) is 37.9 Å². The van der Waals surface area contributed by atoms with Crippen molar-refractivity contribution in [3.63, 3.8) is 0 Å². The Hall–Kier alpha value is -3.92. The first-order valence-corrected chi connectivity index (χ1v) is 10.2. The van der Waals surface area contributed by atoms with Gasteiger partial charge in [-0.3, -0.25) is 19.1 Å². The molecule has 1 aliphatic rings. The van der Waals surface area contributed by atoms with E-state index in [1.165, 1.54) is 30.3 Å². The Morgan fingerprint density at radius 2 is 1.73 bits per heavy atom. The molecular formula is C20H15N3O6S.